The van der Waals surface area contributed by atoms with E-state index in [1.54, 1.807) is 7.11 Å². The van der Waals surface area contributed by atoms with Gasteiger partial charge in [0.2, 0.25) is 0 Å². The molecule has 0 aromatic heterocycles. The molecule has 0 bridgehead atoms. The molecule has 13 heavy (non-hydrogen) atoms. The number of hydrogen-bond donors (Lipinski definition) is 1. The zero-order valence-corrected chi connectivity index (χ0v) is 8.42. The molecular formula is C10H14ClNO. The molecule has 0 heterocycles. The van der Waals surface area contributed by atoms with Crippen LogP contribution in [0, 0.1) is 0 Å². The third kappa shape index (κ3) is 2.99. The molecule has 0 aliphatic carbocycles. The highest BCUT2D eigenvalue weighted by Crippen LogP contribution is 2.17. The minimum absolute atomic E-state index is 0.266. The quantitative estimate of drug-likeness (QED) is 0.806. The van der Waals surface area contributed by atoms with E-state index in [2.05, 4.69) is 0 Å². The number of hydrogen-bond acceptors (Lipinski definition) is 2. The highest BCUT2D eigenvalue weighted by Gasteiger charge is 2.08. The summed E-state index contributed by atoms with van der Waals surface area (Å²) in [5.74, 6) is 0.266. The van der Waals surface area contributed by atoms with Gasteiger partial charge in [0, 0.05) is 24.6 Å². The van der Waals surface area contributed by atoms with Crippen LogP contribution in [0.15, 0.2) is 24.3 Å². The van der Waals surface area contributed by atoms with Crippen molar-refractivity contribution >= 4 is 11.6 Å². The summed E-state index contributed by atoms with van der Waals surface area (Å²) < 4.78 is 5.07. The van der Waals surface area contributed by atoms with Crippen LogP contribution in [-0.4, -0.2) is 20.3 Å². The molecule has 0 radical (unpaired) electrons. The Labute approximate surface area is 83.6 Å². The van der Waals surface area contributed by atoms with Gasteiger partial charge in [-0.25, -0.2) is 0 Å². The third-order valence-electron chi connectivity index (χ3n) is 1.99. The van der Waals surface area contributed by atoms with Gasteiger partial charge in [-0.2, -0.15) is 0 Å². The smallest absolute Gasteiger partial charge is 0.0543 e. The van der Waals surface area contributed by atoms with Crippen LogP contribution in [-0.2, 0) is 4.74 Å². The van der Waals surface area contributed by atoms with E-state index < -0.39 is 0 Å². The van der Waals surface area contributed by atoms with Crippen molar-refractivity contribution in [1.29, 1.82) is 0 Å². The van der Waals surface area contributed by atoms with Gasteiger partial charge in [0.25, 0.3) is 0 Å². The highest BCUT2D eigenvalue weighted by atomic mass is 35.5. The Balaban J connectivity index is 2.73. The van der Waals surface area contributed by atoms with Crippen molar-refractivity contribution in [3.63, 3.8) is 0 Å². The highest BCUT2D eigenvalue weighted by molar-refractivity contribution is 6.30. The molecule has 1 rings (SSSR count). The second kappa shape index (κ2) is 5.22. The summed E-state index contributed by atoms with van der Waals surface area (Å²) >= 11 is 5.77. The molecule has 2 N–H and O–H groups in total. The maximum Gasteiger partial charge on any atom is 0.0543 e. The summed E-state index contributed by atoms with van der Waals surface area (Å²) in [5.41, 5.74) is 6.79. The Bertz CT molecular complexity index is 248. The summed E-state index contributed by atoms with van der Waals surface area (Å²) in [7, 11) is 1.68. The fourth-order valence-corrected chi connectivity index (χ4v) is 1.36. The Morgan fingerprint density at radius 1 is 1.38 bits per heavy atom. The first kappa shape index (κ1) is 10.5. The molecule has 1 aromatic carbocycles. The van der Waals surface area contributed by atoms with Gasteiger partial charge in [0.05, 0.1) is 6.61 Å². The minimum Gasteiger partial charge on any atom is -0.384 e. The molecule has 0 saturated carbocycles. The van der Waals surface area contributed by atoms with E-state index in [1.807, 2.05) is 24.3 Å². The van der Waals surface area contributed by atoms with E-state index in [0.29, 0.717) is 13.2 Å². The number of halogens is 1. The van der Waals surface area contributed by atoms with Gasteiger partial charge < -0.3 is 10.5 Å². The van der Waals surface area contributed by atoms with Gasteiger partial charge in [-0.3, -0.25) is 0 Å². The zero-order chi connectivity index (χ0) is 9.68. The van der Waals surface area contributed by atoms with Crippen LogP contribution in [0.2, 0.25) is 5.02 Å². The van der Waals surface area contributed by atoms with Gasteiger partial charge in [-0.05, 0) is 17.7 Å². The first-order valence-corrected chi connectivity index (χ1v) is 4.60. The van der Waals surface area contributed by atoms with Crippen molar-refractivity contribution in [3.8, 4) is 0 Å². The van der Waals surface area contributed by atoms with Crippen LogP contribution >= 0.6 is 11.6 Å². The fourth-order valence-electron chi connectivity index (χ4n) is 1.24. The van der Waals surface area contributed by atoms with Crippen molar-refractivity contribution < 1.29 is 4.74 Å². The summed E-state index contributed by atoms with van der Waals surface area (Å²) in [6.07, 6.45) is 0. The summed E-state index contributed by atoms with van der Waals surface area (Å²) in [5, 5.41) is 0.747. The summed E-state index contributed by atoms with van der Waals surface area (Å²) in [4.78, 5) is 0. The van der Waals surface area contributed by atoms with Gasteiger partial charge in [0.1, 0.15) is 0 Å². The molecule has 0 fully saturated rings. The van der Waals surface area contributed by atoms with Crippen molar-refractivity contribution in [2.24, 2.45) is 5.73 Å². The van der Waals surface area contributed by atoms with Crippen LogP contribution in [0.25, 0.3) is 0 Å². The van der Waals surface area contributed by atoms with Crippen LogP contribution in [0.3, 0.4) is 0 Å². The van der Waals surface area contributed by atoms with E-state index in [9.17, 15) is 0 Å². The molecule has 72 valence electrons. The molecule has 1 atom stereocenters. The molecule has 0 aliphatic heterocycles. The van der Waals surface area contributed by atoms with E-state index >= 15 is 0 Å². The number of benzene rings is 1. The predicted molar refractivity (Wildman–Crippen MR) is 55.1 cm³/mol. The first-order chi connectivity index (χ1) is 6.27. The van der Waals surface area contributed by atoms with Crippen LogP contribution in [0.4, 0.5) is 0 Å². The van der Waals surface area contributed by atoms with Crippen LogP contribution in [0.5, 0.6) is 0 Å². The molecule has 2 nitrogen and oxygen atoms in total. The fraction of sp³-hybridized carbons (Fsp3) is 0.400. The lowest BCUT2D eigenvalue weighted by Crippen LogP contribution is -2.17. The maximum atomic E-state index is 5.77. The van der Waals surface area contributed by atoms with Crippen molar-refractivity contribution in [2.45, 2.75) is 5.92 Å². The van der Waals surface area contributed by atoms with E-state index in [-0.39, 0.29) is 5.92 Å². The number of nitrogens with two attached hydrogens (primary N) is 1. The zero-order valence-electron chi connectivity index (χ0n) is 7.66. The Kier molecular flexibility index (Phi) is 4.22. The normalized spacial score (nSPS) is 12.8. The molecule has 1 aromatic rings. The molecule has 0 spiro atoms. The average Bonchev–Trinajstić information content (AvgIpc) is 2.16. The van der Waals surface area contributed by atoms with Crippen molar-refractivity contribution in [3.05, 3.63) is 34.9 Å². The maximum absolute atomic E-state index is 5.77. The molecule has 0 saturated heterocycles. The number of methoxy groups -OCH3 is 1. The lowest BCUT2D eigenvalue weighted by atomic mass is 10.0. The van der Waals surface area contributed by atoms with Crippen LogP contribution < -0.4 is 5.73 Å². The Morgan fingerprint density at radius 2 is 2.00 bits per heavy atom. The predicted octanol–water partition coefficient (Wildman–Crippen LogP) is 2.03. The SMILES string of the molecule is COC[C@@H](CN)c1ccc(Cl)cc1. The molecule has 0 amide bonds. The lowest BCUT2D eigenvalue weighted by Gasteiger charge is -2.13. The van der Waals surface area contributed by atoms with Crippen molar-refractivity contribution in [2.75, 3.05) is 20.3 Å². The second-order valence-electron chi connectivity index (χ2n) is 2.94. The number of rotatable bonds is 4. The molecule has 3 heteroatoms. The van der Waals surface area contributed by atoms with Crippen molar-refractivity contribution in [1.82, 2.24) is 0 Å². The van der Waals surface area contributed by atoms with E-state index in [1.165, 1.54) is 5.56 Å². The summed E-state index contributed by atoms with van der Waals surface area (Å²) in [6, 6.07) is 7.71. The Hall–Kier alpha value is -0.570. The molecule has 0 aliphatic rings. The van der Waals surface area contributed by atoms with Crippen LogP contribution in [0.1, 0.15) is 11.5 Å². The largest absolute Gasteiger partial charge is 0.384 e. The van der Waals surface area contributed by atoms with E-state index in [4.69, 9.17) is 22.1 Å². The van der Waals surface area contributed by atoms with Gasteiger partial charge in [0.15, 0.2) is 0 Å². The van der Waals surface area contributed by atoms with E-state index in [0.717, 1.165) is 5.02 Å². The topological polar surface area (TPSA) is 35.2 Å². The van der Waals surface area contributed by atoms with Gasteiger partial charge in [-0.15, -0.1) is 0 Å². The standard InChI is InChI=1S/C10H14ClNO/c1-13-7-9(6-12)8-2-4-10(11)5-3-8/h2-5,9H,6-7,12H2,1H3/t9-/m1/s1. The average molecular weight is 200 g/mol. The monoisotopic (exact) mass is 199 g/mol. The lowest BCUT2D eigenvalue weighted by molar-refractivity contribution is 0.181. The van der Waals surface area contributed by atoms with Gasteiger partial charge >= 0.3 is 0 Å². The first-order valence-electron chi connectivity index (χ1n) is 4.22. The third-order valence-corrected chi connectivity index (χ3v) is 2.25. The second-order valence-corrected chi connectivity index (χ2v) is 3.38. The molecule has 0 unspecified atom stereocenters. The minimum atomic E-state index is 0.266. The van der Waals surface area contributed by atoms with Gasteiger partial charge in [-0.1, -0.05) is 23.7 Å². The molecular weight excluding hydrogens is 186 g/mol. The number of ether oxygens (including phenoxy) is 1. The Morgan fingerprint density at radius 3 is 2.46 bits per heavy atom. The summed E-state index contributed by atoms with van der Waals surface area (Å²) in [6.45, 7) is 1.24.